The van der Waals surface area contributed by atoms with E-state index < -0.39 is 0 Å². The third-order valence-corrected chi connectivity index (χ3v) is 3.67. The molecule has 1 aromatic carbocycles. The summed E-state index contributed by atoms with van der Waals surface area (Å²) in [7, 11) is 3.19. The van der Waals surface area contributed by atoms with Gasteiger partial charge in [-0.25, -0.2) is 0 Å². The Morgan fingerprint density at radius 3 is 2.55 bits per heavy atom. The van der Waals surface area contributed by atoms with E-state index in [0.717, 1.165) is 11.1 Å². The minimum atomic E-state index is -0.187. The van der Waals surface area contributed by atoms with E-state index >= 15 is 0 Å². The van der Waals surface area contributed by atoms with Crippen molar-refractivity contribution in [1.29, 1.82) is 0 Å². The molecule has 0 unspecified atom stereocenters. The maximum atomic E-state index is 11.9. The van der Waals surface area contributed by atoms with Crippen molar-refractivity contribution in [2.24, 2.45) is 11.7 Å². The smallest absolute Gasteiger partial charge is 0.309 e. The van der Waals surface area contributed by atoms with E-state index in [1.165, 1.54) is 0 Å². The Bertz CT molecular complexity index is 501. The second kappa shape index (κ2) is 6.13. The van der Waals surface area contributed by atoms with Crippen molar-refractivity contribution < 1.29 is 19.0 Å². The van der Waals surface area contributed by atoms with Crippen LogP contribution in [0, 0.1) is 5.92 Å². The van der Waals surface area contributed by atoms with Gasteiger partial charge in [0.25, 0.3) is 0 Å². The Labute approximate surface area is 119 Å². The highest BCUT2D eigenvalue weighted by molar-refractivity contribution is 5.73. The first-order valence-electron chi connectivity index (χ1n) is 6.77. The van der Waals surface area contributed by atoms with Crippen LogP contribution in [0.2, 0.25) is 0 Å². The Kier molecular flexibility index (Phi) is 4.49. The zero-order valence-electron chi connectivity index (χ0n) is 12.1. The van der Waals surface area contributed by atoms with Crippen molar-refractivity contribution >= 4 is 5.97 Å². The fourth-order valence-corrected chi connectivity index (χ4v) is 2.68. The highest BCUT2D eigenvalue weighted by Gasteiger charge is 2.31. The molecule has 2 atom stereocenters. The Morgan fingerprint density at radius 2 is 1.95 bits per heavy atom. The van der Waals surface area contributed by atoms with Crippen molar-refractivity contribution in [3.63, 3.8) is 0 Å². The second-order valence-corrected chi connectivity index (χ2v) is 4.90. The molecule has 0 saturated heterocycles. The summed E-state index contributed by atoms with van der Waals surface area (Å²) in [5.74, 6) is 0.957. The van der Waals surface area contributed by atoms with Crippen molar-refractivity contribution in [2.45, 2.75) is 25.8 Å². The number of benzene rings is 1. The highest BCUT2D eigenvalue weighted by Crippen LogP contribution is 2.39. The molecule has 1 aliphatic rings. The minimum absolute atomic E-state index is 0.177. The number of nitrogens with two attached hydrogens (primary N) is 1. The summed E-state index contributed by atoms with van der Waals surface area (Å²) in [5.41, 5.74) is 8.23. The van der Waals surface area contributed by atoms with Gasteiger partial charge in [0.15, 0.2) is 11.5 Å². The van der Waals surface area contributed by atoms with Gasteiger partial charge < -0.3 is 19.9 Å². The summed E-state index contributed by atoms with van der Waals surface area (Å²) in [6.07, 6.45) is 1.23. The van der Waals surface area contributed by atoms with Gasteiger partial charge in [-0.05, 0) is 43.0 Å². The van der Waals surface area contributed by atoms with Crippen LogP contribution in [0.25, 0.3) is 0 Å². The van der Waals surface area contributed by atoms with E-state index in [-0.39, 0.29) is 17.9 Å². The molecule has 2 rings (SSSR count). The summed E-state index contributed by atoms with van der Waals surface area (Å²) in [5, 5.41) is 0. The van der Waals surface area contributed by atoms with E-state index in [2.05, 4.69) is 0 Å². The van der Waals surface area contributed by atoms with E-state index in [1.54, 1.807) is 14.2 Å². The Balaban J connectivity index is 2.32. The van der Waals surface area contributed by atoms with Gasteiger partial charge in [-0.2, -0.15) is 0 Å². The van der Waals surface area contributed by atoms with Crippen LogP contribution < -0.4 is 15.2 Å². The van der Waals surface area contributed by atoms with Crippen LogP contribution >= 0.6 is 0 Å². The molecule has 0 amide bonds. The SMILES string of the molecule is CCOC(=O)[C@H]1Cc2cc(OC)c(OC)cc2[C@H](N)C1. The molecule has 0 aromatic heterocycles. The summed E-state index contributed by atoms with van der Waals surface area (Å²) in [6, 6.07) is 3.62. The van der Waals surface area contributed by atoms with Crippen LogP contribution in [0.1, 0.15) is 30.5 Å². The normalized spacial score (nSPS) is 21.0. The van der Waals surface area contributed by atoms with Gasteiger partial charge in [0.2, 0.25) is 0 Å². The van der Waals surface area contributed by atoms with Crippen LogP contribution in [-0.2, 0) is 16.0 Å². The van der Waals surface area contributed by atoms with Gasteiger partial charge in [-0.15, -0.1) is 0 Å². The maximum Gasteiger partial charge on any atom is 0.309 e. The first-order chi connectivity index (χ1) is 9.60. The van der Waals surface area contributed by atoms with Gasteiger partial charge in [-0.3, -0.25) is 4.79 Å². The quantitative estimate of drug-likeness (QED) is 0.851. The van der Waals surface area contributed by atoms with E-state index in [9.17, 15) is 4.79 Å². The van der Waals surface area contributed by atoms with Crippen molar-refractivity contribution in [1.82, 2.24) is 0 Å². The number of carbonyl (C=O) groups is 1. The average Bonchev–Trinajstić information content (AvgIpc) is 2.46. The molecular weight excluding hydrogens is 258 g/mol. The summed E-state index contributed by atoms with van der Waals surface area (Å²) < 4.78 is 15.7. The van der Waals surface area contributed by atoms with Gasteiger partial charge >= 0.3 is 5.97 Å². The predicted molar refractivity (Wildman–Crippen MR) is 74.9 cm³/mol. The first-order valence-corrected chi connectivity index (χ1v) is 6.77. The molecule has 5 nitrogen and oxygen atoms in total. The van der Waals surface area contributed by atoms with Gasteiger partial charge in [0.05, 0.1) is 26.7 Å². The average molecular weight is 279 g/mol. The molecule has 0 fully saturated rings. The molecule has 1 aromatic rings. The largest absolute Gasteiger partial charge is 0.493 e. The van der Waals surface area contributed by atoms with Gasteiger partial charge in [-0.1, -0.05) is 0 Å². The van der Waals surface area contributed by atoms with Crippen LogP contribution in [0.4, 0.5) is 0 Å². The molecule has 110 valence electrons. The third-order valence-electron chi connectivity index (χ3n) is 3.67. The van der Waals surface area contributed by atoms with Crippen LogP contribution in [0.5, 0.6) is 11.5 Å². The van der Waals surface area contributed by atoms with Gasteiger partial charge in [0, 0.05) is 6.04 Å². The van der Waals surface area contributed by atoms with Crippen molar-refractivity contribution in [3.05, 3.63) is 23.3 Å². The predicted octanol–water partition coefficient (Wildman–Crippen LogP) is 1.83. The summed E-state index contributed by atoms with van der Waals surface area (Å²) >= 11 is 0. The highest BCUT2D eigenvalue weighted by atomic mass is 16.5. The minimum Gasteiger partial charge on any atom is -0.493 e. The lowest BCUT2D eigenvalue weighted by Gasteiger charge is -2.29. The lowest BCUT2D eigenvalue weighted by atomic mass is 9.81. The maximum absolute atomic E-state index is 11.9. The van der Waals surface area contributed by atoms with E-state index in [0.29, 0.717) is 30.9 Å². The monoisotopic (exact) mass is 279 g/mol. The topological polar surface area (TPSA) is 70.8 Å². The molecule has 0 saturated carbocycles. The molecule has 0 heterocycles. The Morgan fingerprint density at radius 1 is 1.30 bits per heavy atom. The molecule has 0 spiro atoms. The number of hydrogen-bond donors (Lipinski definition) is 1. The standard InChI is InChI=1S/C15H21NO4/c1-4-20-15(17)10-5-9-7-13(18-2)14(19-3)8-11(9)12(16)6-10/h7-8,10,12H,4-6,16H2,1-3H3/t10-,12+/m0/s1. The zero-order valence-corrected chi connectivity index (χ0v) is 12.1. The molecule has 0 aliphatic heterocycles. The summed E-state index contributed by atoms with van der Waals surface area (Å²) in [6.45, 7) is 2.20. The number of esters is 1. The molecule has 2 N–H and O–H groups in total. The van der Waals surface area contributed by atoms with Crippen LogP contribution in [0.3, 0.4) is 0 Å². The number of hydrogen-bond acceptors (Lipinski definition) is 5. The fraction of sp³-hybridized carbons (Fsp3) is 0.533. The first kappa shape index (κ1) is 14.7. The molecule has 5 heteroatoms. The number of carbonyl (C=O) groups excluding carboxylic acids is 1. The molecular formula is C15H21NO4. The number of fused-ring (bicyclic) bond motifs is 1. The number of rotatable bonds is 4. The van der Waals surface area contributed by atoms with E-state index in [4.69, 9.17) is 19.9 Å². The van der Waals surface area contributed by atoms with Crippen LogP contribution in [0.15, 0.2) is 12.1 Å². The number of methoxy groups -OCH3 is 2. The lowest BCUT2D eigenvalue weighted by Crippen LogP contribution is -2.30. The summed E-state index contributed by atoms with van der Waals surface area (Å²) in [4.78, 5) is 11.9. The molecule has 0 bridgehead atoms. The second-order valence-electron chi connectivity index (χ2n) is 4.90. The van der Waals surface area contributed by atoms with Crippen molar-refractivity contribution in [3.8, 4) is 11.5 Å². The molecule has 0 radical (unpaired) electrons. The zero-order chi connectivity index (χ0) is 14.7. The third kappa shape index (κ3) is 2.72. The van der Waals surface area contributed by atoms with Gasteiger partial charge in [0.1, 0.15) is 0 Å². The fourth-order valence-electron chi connectivity index (χ4n) is 2.68. The van der Waals surface area contributed by atoms with E-state index in [1.807, 2.05) is 19.1 Å². The molecule has 20 heavy (non-hydrogen) atoms. The molecule has 1 aliphatic carbocycles. The van der Waals surface area contributed by atoms with Crippen LogP contribution in [-0.4, -0.2) is 26.8 Å². The number of ether oxygens (including phenoxy) is 3. The van der Waals surface area contributed by atoms with Crippen molar-refractivity contribution in [2.75, 3.05) is 20.8 Å². The Hall–Kier alpha value is -1.75. The lowest BCUT2D eigenvalue weighted by molar-refractivity contribution is -0.148.